The van der Waals surface area contributed by atoms with E-state index in [-0.39, 0.29) is 0 Å². The maximum Gasteiger partial charge on any atom is 0.119 e. The fourth-order valence-corrected chi connectivity index (χ4v) is 3.37. The lowest BCUT2D eigenvalue weighted by Crippen LogP contribution is -2.46. The smallest absolute Gasteiger partial charge is 0.119 e. The Hall–Kier alpha value is -2.04. The van der Waals surface area contributed by atoms with Crippen LogP contribution in [0, 0.1) is 0 Å². The highest BCUT2D eigenvalue weighted by atomic mass is 16.5. The van der Waals surface area contributed by atoms with Crippen LogP contribution in [0.2, 0.25) is 0 Å². The Morgan fingerprint density at radius 3 is 2.50 bits per heavy atom. The van der Waals surface area contributed by atoms with Crippen LogP contribution in [0.4, 0.5) is 5.69 Å². The van der Waals surface area contributed by atoms with E-state index in [1.807, 2.05) is 18.2 Å². The third kappa shape index (κ3) is 4.08. The van der Waals surface area contributed by atoms with E-state index < -0.39 is 0 Å². The topological polar surface area (TPSA) is 41.7 Å². The second kappa shape index (κ2) is 7.69. The first-order valence-electron chi connectivity index (χ1n) is 8.60. The van der Waals surface area contributed by atoms with E-state index in [1.165, 1.54) is 11.1 Å². The van der Waals surface area contributed by atoms with Crippen molar-refractivity contribution in [2.45, 2.75) is 19.5 Å². The molecule has 1 atom stereocenters. The van der Waals surface area contributed by atoms with Crippen LogP contribution in [0.1, 0.15) is 24.1 Å². The molecule has 0 amide bonds. The molecule has 2 aromatic carbocycles. The molecule has 24 heavy (non-hydrogen) atoms. The van der Waals surface area contributed by atoms with Gasteiger partial charge in [0.2, 0.25) is 0 Å². The standard InChI is InChI=1S/C20H27N3O/c1-16(18-6-4-8-20(14-18)24-2)23-11-9-22(10-12-23)15-17-5-3-7-19(21)13-17/h3-8,13-14,16H,9-12,15,21H2,1-2H3. The van der Waals surface area contributed by atoms with E-state index in [0.717, 1.165) is 44.2 Å². The van der Waals surface area contributed by atoms with Crippen LogP contribution in [0.15, 0.2) is 48.5 Å². The third-order valence-electron chi connectivity index (χ3n) is 4.89. The molecule has 4 heteroatoms. The monoisotopic (exact) mass is 325 g/mol. The molecule has 2 N–H and O–H groups in total. The number of benzene rings is 2. The number of methoxy groups -OCH3 is 1. The number of rotatable bonds is 5. The Balaban J connectivity index is 1.56. The Kier molecular flexibility index (Phi) is 5.38. The van der Waals surface area contributed by atoms with E-state index in [1.54, 1.807) is 7.11 Å². The van der Waals surface area contributed by atoms with E-state index in [9.17, 15) is 0 Å². The molecule has 1 unspecified atom stereocenters. The van der Waals surface area contributed by atoms with Gasteiger partial charge in [-0.3, -0.25) is 9.80 Å². The molecule has 1 aliphatic heterocycles. The largest absolute Gasteiger partial charge is 0.497 e. The summed E-state index contributed by atoms with van der Waals surface area (Å²) >= 11 is 0. The number of piperazine rings is 1. The average Bonchev–Trinajstić information content (AvgIpc) is 2.62. The Morgan fingerprint density at radius 1 is 1.04 bits per heavy atom. The average molecular weight is 325 g/mol. The van der Waals surface area contributed by atoms with Crippen LogP contribution in [0.25, 0.3) is 0 Å². The molecular formula is C20H27N3O. The van der Waals surface area contributed by atoms with Crippen molar-refractivity contribution in [1.29, 1.82) is 0 Å². The molecule has 4 nitrogen and oxygen atoms in total. The first-order valence-corrected chi connectivity index (χ1v) is 8.60. The van der Waals surface area contributed by atoms with Crippen molar-refractivity contribution in [3.05, 3.63) is 59.7 Å². The van der Waals surface area contributed by atoms with Crippen molar-refractivity contribution in [2.75, 3.05) is 39.0 Å². The summed E-state index contributed by atoms with van der Waals surface area (Å²) in [5, 5.41) is 0. The number of nitrogens with two attached hydrogens (primary N) is 1. The molecule has 0 saturated carbocycles. The van der Waals surface area contributed by atoms with E-state index in [4.69, 9.17) is 10.5 Å². The SMILES string of the molecule is COc1cccc(C(C)N2CCN(Cc3cccc(N)c3)CC2)c1. The Bertz CT molecular complexity index is 665. The van der Waals surface area contributed by atoms with Crippen LogP contribution in [-0.4, -0.2) is 43.1 Å². The van der Waals surface area contributed by atoms with Gasteiger partial charge in [-0.05, 0) is 42.3 Å². The molecule has 0 aromatic heterocycles. The third-order valence-corrected chi connectivity index (χ3v) is 4.89. The van der Waals surface area contributed by atoms with Crippen molar-refractivity contribution < 1.29 is 4.74 Å². The van der Waals surface area contributed by atoms with Gasteiger partial charge in [0.25, 0.3) is 0 Å². The zero-order chi connectivity index (χ0) is 16.9. The molecule has 128 valence electrons. The molecule has 1 aliphatic rings. The number of nitrogens with zero attached hydrogens (tertiary/aromatic N) is 2. The summed E-state index contributed by atoms with van der Waals surface area (Å²) in [4.78, 5) is 5.05. The normalized spacial score (nSPS) is 17.6. The number of anilines is 1. The summed E-state index contributed by atoms with van der Waals surface area (Å²) in [7, 11) is 1.72. The molecule has 3 rings (SSSR count). The summed E-state index contributed by atoms with van der Waals surface area (Å²) in [5.41, 5.74) is 9.34. The van der Waals surface area contributed by atoms with E-state index in [2.05, 4.69) is 47.1 Å². The van der Waals surface area contributed by atoms with Crippen LogP contribution >= 0.6 is 0 Å². The van der Waals surface area contributed by atoms with Gasteiger partial charge < -0.3 is 10.5 Å². The van der Waals surface area contributed by atoms with Crippen LogP contribution in [-0.2, 0) is 6.54 Å². The molecule has 2 aromatic rings. The van der Waals surface area contributed by atoms with Crippen molar-refractivity contribution in [2.24, 2.45) is 0 Å². The first kappa shape index (κ1) is 16.8. The number of hydrogen-bond acceptors (Lipinski definition) is 4. The van der Waals surface area contributed by atoms with Gasteiger partial charge in [-0.25, -0.2) is 0 Å². The van der Waals surface area contributed by atoms with Gasteiger partial charge in [-0.2, -0.15) is 0 Å². The highest BCUT2D eigenvalue weighted by Crippen LogP contribution is 2.25. The molecule has 0 bridgehead atoms. The van der Waals surface area contributed by atoms with Gasteiger partial charge in [-0.15, -0.1) is 0 Å². The lowest BCUT2D eigenvalue weighted by atomic mass is 10.1. The lowest BCUT2D eigenvalue weighted by molar-refractivity contribution is 0.0978. The van der Waals surface area contributed by atoms with Crippen molar-refractivity contribution in [3.63, 3.8) is 0 Å². The quantitative estimate of drug-likeness (QED) is 0.858. The predicted octanol–water partition coefficient (Wildman–Crippen LogP) is 3.16. The molecule has 1 fully saturated rings. The maximum atomic E-state index is 5.88. The molecule has 0 spiro atoms. The lowest BCUT2D eigenvalue weighted by Gasteiger charge is -2.38. The van der Waals surface area contributed by atoms with Crippen molar-refractivity contribution in [1.82, 2.24) is 9.80 Å². The fraction of sp³-hybridized carbons (Fsp3) is 0.400. The molecule has 1 saturated heterocycles. The zero-order valence-corrected chi connectivity index (χ0v) is 14.6. The fourth-order valence-electron chi connectivity index (χ4n) is 3.37. The van der Waals surface area contributed by atoms with Gasteiger partial charge in [-0.1, -0.05) is 24.3 Å². The Morgan fingerprint density at radius 2 is 1.79 bits per heavy atom. The van der Waals surface area contributed by atoms with Gasteiger partial charge in [0, 0.05) is 44.5 Å². The predicted molar refractivity (Wildman–Crippen MR) is 99.1 cm³/mol. The summed E-state index contributed by atoms with van der Waals surface area (Å²) < 4.78 is 5.35. The van der Waals surface area contributed by atoms with Gasteiger partial charge in [0.15, 0.2) is 0 Å². The molecule has 0 radical (unpaired) electrons. The number of nitrogen functional groups attached to an aromatic ring is 1. The minimum Gasteiger partial charge on any atom is -0.497 e. The molecule has 1 heterocycles. The minimum absolute atomic E-state index is 0.412. The summed E-state index contributed by atoms with van der Waals surface area (Å²) in [6.45, 7) is 7.60. The Labute approximate surface area is 144 Å². The van der Waals surface area contributed by atoms with Crippen LogP contribution < -0.4 is 10.5 Å². The minimum atomic E-state index is 0.412. The highest BCUT2D eigenvalue weighted by Gasteiger charge is 2.22. The van der Waals surface area contributed by atoms with Gasteiger partial charge in [0.05, 0.1) is 7.11 Å². The van der Waals surface area contributed by atoms with Crippen LogP contribution in [0.5, 0.6) is 5.75 Å². The van der Waals surface area contributed by atoms with E-state index in [0.29, 0.717) is 6.04 Å². The van der Waals surface area contributed by atoms with E-state index >= 15 is 0 Å². The second-order valence-electron chi connectivity index (χ2n) is 6.51. The molecule has 0 aliphatic carbocycles. The summed E-state index contributed by atoms with van der Waals surface area (Å²) in [6.07, 6.45) is 0. The summed E-state index contributed by atoms with van der Waals surface area (Å²) in [5.74, 6) is 0.930. The zero-order valence-electron chi connectivity index (χ0n) is 14.6. The van der Waals surface area contributed by atoms with Crippen molar-refractivity contribution >= 4 is 5.69 Å². The van der Waals surface area contributed by atoms with Crippen LogP contribution in [0.3, 0.4) is 0 Å². The summed E-state index contributed by atoms with van der Waals surface area (Å²) in [6, 6.07) is 17.0. The molecular weight excluding hydrogens is 298 g/mol. The highest BCUT2D eigenvalue weighted by molar-refractivity contribution is 5.40. The second-order valence-corrected chi connectivity index (χ2v) is 6.51. The number of ether oxygens (including phenoxy) is 1. The van der Waals surface area contributed by atoms with Gasteiger partial charge in [0.1, 0.15) is 5.75 Å². The van der Waals surface area contributed by atoms with Crippen molar-refractivity contribution in [3.8, 4) is 5.75 Å². The maximum absolute atomic E-state index is 5.88. The first-order chi connectivity index (χ1) is 11.7. The van der Waals surface area contributed by atoms with Gasteiger partial charge >= 0.3 is 0 Å². The number of hydrogen-bond donors (Lipinski definition) is 1.